The quantitative estimate of drug-likeness (QED) is 0.462. The molecule has 2 aromatic rings. The van der Waals surface area contributed by atoms with E-state index in [4.69, 9.17) is 17.0 Å². The third-order valence-corrected chi connectivity index (χ3v) is 5.80. The summed E-state index contributed by atoms with van der Waals surface area (Å²) < 4.78 is 22.2. The van der Waals surface area contributed by atoms with Crippen LogP contribution in [0.4, 0.5) is 10.1 Å². The standard InChI is InChI=1S/C22H22FN3O3S/c1-13-10-15(14(2)25(13)12-16-6-5-9-29-16)11-17-20(27)24-22(30)26(21(17)28)19-8-4-3-7-18(19)23/h3-4,7-8,10-11,16H,5-6,9,12H2,1-2H3,(H,24,27,30)/b17-11+/t16-/m1/s1. The van der Waals surface area contributed by atoms with Gasteiger partial charge in [-0.1, -0.05) is 12.1 Å². The van der Waals surface area contributed by atoms with Gasteiger partial charge in [0.05, 0.1) is 11.8 Å². The van der Waals surface area contributed by atoms with Gasteiger partial charge in [-0.25, -0.2) is 9.29 Å². The Kier molecular flexibility index (Phi) is 5.53. The second-order valence-electron chi connectivity index (χ2n) is 7.48. The van der Waals surface area contributed by atoms with Gasteiger partial charge in [0.1, 0.15) is 11.4 Å². The summed E-state index contributed by atoms with van der Waals surface area (Å²) in [6, 6.07) is 7.74. The highest BCUT2D eigenvalue weighted by atomic mass is 32.1. The average Bonchev–Trinajstić information content (AvgIpc) is 3.30. The van der Waals surface area contributed by atoms with E-state index in [0.29, 0.717) is 0 Å². The van der Waals surface area contributed by atoms with Crippen LogP contribution in [0, 0.1) is 19.7 Å². The van der Waals surface area contributed by atoms with Crippen LogP contribution >= 0.6 is 12.2 Å². The van der Waals surface area contributed by atoms with Crippen molar-refractivity contribution < 1.29 is 18.7 Å². The van der Waals surface area contributed by atoms with Crippen LogP contribution in [-0.2, 0) is 20.9 Å². The molecule has 0 saturated carbocycles. The first kappa shape index (κ1) is 20.4. The first-order valence-electron chi connectivity index (χ1n) is 9.81. The van der Waals surface area contributed by atoms with Gasteiger partial charge in [-0.3, -0.25) is 14.9 Å². The van der Waals surface area contributed by atoms with Crippen LogP contribution in [-0.4, -0.2) is 34.2 Å². The fourth-order valence-electron chi connectivity index (χ4n) is 3.91. The van der Waals surface area contributed by atoms with Crippen molar-refractivity contribution in [1.29, 1.82) is 0 Å². The summed E-state index contributed by atoms with van der Waals surface area (Å²) >= 11 is 5.13. The van der Waals surface area contributed by atoms with E-state index >= 15 is 0 Å². The molecule has 1 aromatic heterocycles. The topological polar surface area (TPSA) is 63.6 Å². The maximum Gasteiger partial charge on any atom is 0.270 e. The lowest BCUT2D eigenvalue weighted by atomic mass is 10.1. The van der Waals surface area contributed by atoms with Gasteiger partial charge in [-0.2, -0.15) is 0 Å². The Labute approximate surface area is 179 Å². The van der Waals surface area contributed by atoms with E-state index < -0.39 is 17.6 Å². The number of hydrogen-bond acceptors (Lipinski definition) is 4. The Morgan fingerprint density at radius 2 is 2.07 bits per heavy atom. The Hall–Kier alpha value is -2.84. The van der Waals surface area contributed by atoms with Crippen molar-refractivity contribution in [2.24, 2.45) is 0 Å². The molecule has 0 radical (unpaired) electrons. The van der Waals surface area contributed by atoms with Crippen molar-refractivity contribution >= 4 is 40.9 Å². The minimum atomic E-state index is -0.655. The van der Waals surface area contributed by atoms with E-state index in [1.807, 2.05) is 19.9 Å². The molecule has 30 heavy (non-hydrogen) atoms. The monoisotopic (exact) mass is 427 g/mol. The number of thiocarbonyl (C=S) groups is 1. The number of benzene rings is 1. The molecule has 0 unspecified atom stereocenters. The summed E-state index contributed by atoms with van der Waals surface area (Å²) in [6.07, 6.45) is 3.79. The fraction of sp³-hybridized carbons (Fsp3) is 0.318. The van der Waals surface area contributed by atoms with Crippen LogP contribution in [0.3, 0.4) is 0 Å². The normalized spacial score (nSPS) is 20.9. The van der Waals surface area contributed by atoms with Crippen LogP contribution in [0.2, 0.25) is 0 Å². The number of rotatable bonds is 4. The maximum absolute atomic E-state index is 14.3. The van der Waals surface area contributed by atoms with Gasteiger partial charge in [0, 0.05) is 24.5 Å². The first-order valence-corrected chi connectivity index (χ1v) is 10.2. The number of para-hydroxylation sites is 1. The number of ether oxygens (including phenoxy) is 1. The smallest absolute Gasteiger partial charge is 0.270 e. The largest absolute Gasteiger partial charge is 0.376 e. The van der Waals surface area contributed by atoms with E-state index in [2.05, 4.69) is 9.88 Å². The number of aromatic nitrogens is 1. The zero-order chi connectivity index (χ0) is 21.4. The Morgan fingerprint density at radius 1 is 1.30 bits per heavy atom. The van der Waals surface area contributed by atoms with Crippen molar-refractivity contribution in [3.05, 3.63) is 58.7 Å². The molecule has 1 atom stereocenters. The van der Waals surface area contributed by atoms with Crippen molar-refractivity contribution in [3.63, 3.8) is 0 Å². The number of halogens is 1. The number of nitrogens with one attached hydrogen (secondary N) is 1. The summed E-state index contributed by atoms with van der Waals surface area (Å²) in [5.74, 6) is -1.85. The zero-order valence-electron chi connectivity index (χ0n) is 16.8. The molecule has 6 nitrogen and oxygen atoms in total. The molecular formula is C22H22FN3O3S. The summed E-state index contributed by atoms with van der Waals surface area (Å²) in [6.45, 7) is 5.43. The molecule has 0 spiro atoms. The highest BCUT2D eigenvalue weighted by Crippen LogP contribution is 2.26. The number of carbonyl (C=O) groups excluding carboxylic acids is 2. The van der Waals surface area contributed by atoms with Gasteiger partial charge >= 0.3 is 0 Å². The Balaban J connectivity index is 1.69. The molecule has 3 heterocycles. The summed E-state index contributed by atoms with van der Waals surface area (Å²) in [5.41, 5.74) is 2.61. The van der Waals surface area contributed by atoms with Gasteiger partial charge in [0.25, 0.3) is 11.8 Å². The average molecular weight is 428 g/mol. The van der Waals surface area contributed by atoms with Crippen LogP contribution in [0.1, 0.15) is 29.8 Å². The van der Waals surface area contributed by atoms with Crippen molar-refractivity contribution in [2.75, 3.05) is 11.5 Å². The fourth-order valence-corrected chi connectivity index (χ4v) is 4.19. The number of carbonyl (C=O) groups is 2. The first-order chi connectivity index (χ1) is 14.4. The molecule has 1 aromatic carbocycles. The van der Waals surface area contributed by atoms with E-state index in [0.717, 1.165) is 47.8 Å². The number of amides is 2. The van der Waals surface area contributed by atoms with Gasteiger partial charge in [0.2, 0.25) is 0 Å². The summed E-state index contributed by atoms with van der Waals surface area (Å²) in [7, 11) is 0. The molecule has 2 amide bonds. The molecule has 0 bridgehead atoms. The lowest BCUT2D eigenvalue weighted by Gasteiger charge is -2.29. The number of hydrogen-bond donors (Lipinski definition) is 1. The lowest BCUT2D eigenvalue weighted by Crippen LogP contribution is -2.54. The Bertz CT molecular complexity index is 1070. The summed E-state index contributed by atoms with van der Waals surface area (Å²) in [4.78, 5) is 26.6. The molecule has 2 saturated heterocycles. The third kappa shape index (κ3) is 3.68. The minimum Gasteiger partial charge on any atom is -0.376 e. The number of nitrogens with zero attached hydrogens (tertiary/aromatic N) is 2. The Morgan fingerprint density at radius 3 is 2.77 bits per heavy atom. The number of aryl methyl sites for hydroxylation is 1. The van der Waals surface area contributed by atoms with Gasteiger partial charge in [0.15, 0.2) is 5.11 Å². The van der Waals surface area contributed by atoms with Crippen LogP contribution in [0.5, 0.6) is 0 Å². The van der Waals surface area contributed by atoms with Gasteiger partial charge in [-0.05, 0) is 68.7 Å². The van der Waals surface area contributed by atoms with Gasteiger partial charge in [-0.15, -0.1) is 0 Å². The molecule has 2 aliphatic rings. The van der Waals surface area contributed by atoms with Crippen molar-refractivity contribution in [2.45, 2.75) is 39.3 Å². The molecule has 4 rings (SSSR count). The highest BCUT2D eigenvalue weighted by Gasteiger charge is 2.36. The molecule has 2 aliphatic heterocycles. The van der Waals surface area contributed by atoms with Crippen LogP contribution in [0.25, 0.3) is 6.08 Å². The van der Waals surface area contributed by atoms with E-state index in [9.17, 15) is 14.0 Å². The third-order valence-electron chi connectivity index (χ3n) is 5.52. The van der Waals surface area contributed by atoms with Crippen LogP contribution < -0.4 is 10.2 Å². The number of anilines is 1. The SMILES string of the molecule is Cc1cc(/C=C2\C(=O)NC(=S)N(c3ccccc3F)C2=O)c(C)n1C[C@H]1CCCO1. The molecule has 1 N–H and O–H groups in total. The molecule has 0 aliphatic carbocycles. The van der Waals surface area contributed by atoms with E-state index in [1.54, 1.807) is 12.1 Å². The predicted octanol–water partition coefficient (Wildman–Crippen LogP) is 3.25. The van der Waals surface area contributed by atoms with E-state index in [-0.39, 0.29) is 22.5 Å². The molecular weight excluding hydrogens is 405 g/mol. The lowest BCUT2D eigenvalue weighted by molar-refractivity contribution is -0.122. The van der Waals surface area contributed by atoms with Crippen molar-refractivity contribution in [1.82, 2.24) is 9.88 Å². The molecule has 2 fully saturated rings. The maximum atomic E-state index is 14.3. The molecule has 156 valence electrons. The predicted molar refractivity (Wildman–Crippen MR) is 115 cm³/mol. The zero-order valence-corrected chi connectivity index (χ0v) is 17.6. The highest BCUT2D eigenvalue weighted by molar-refractivity contribution is 7.80. The van der Waals surface area contributed by atoms with Crippen molar-refractivity contribution in [3.8, 4) is 0 Å². The van der Waals surface area contributed by atoms with E-state index in [1.165, 1.54) is 18.2 Å². The summed E-state index contributed by atoms with van der Waals surface area (Å²) in [5, 5.41) is 2.35. The second-order valence-corrected chi connectivity index (χ2v) is 7.87. The minimum absolute atomic E-state index is 0.00209. The van der Waals surface area contributed by atoms with Gasteiger partial charge < -0.3 is 9.30 Å². The van der Waals surface area contributed by atoms with Crippen LogP contribution in [0.15, 0.2) is 35.9 Å². The second kappa shape index (κ2) is 8.12. The molecule has 8 heteroatoms.